The van der Waals surface area contributed by atoms with Crippen molar-refractivity contribution in [3.05, 3.63) is 35.8 Å². The Morgan fingerprint density at radius 3 is 2.77 bits per heavy atom. The highest BCUT2D eigenvalue weighted by atomic mass is 19.1. The number of benzene rings is 1. The molecule has 2 aromatic rings. The zero-order chi connectivity index (χ0) is 9.42. The van der Waals surface area contributed by atoms with E-state index in [4.69, 9.17) is 4.42 Å². The summed E-state index contributed by atoms with van der Waals surface area (Å²) >= 11 is 0. The van der Waals surface area contributed by atoms with Gasteiger partial charge in [0.05, 0.1) is 5.39 Å². The van der Waals surface area contributed by atoms with E-state index in [1.165, 1.54) is 0 Å². The van der Waals surface area contributed by atoms with Crippen molar-refractivity contribution < 1.29 is 8.81 Å². The summed E-state index contributed by atoms with van der Waals surface area (Å²) in [6.07, 6.45) is 1.16. The van der Waals surface area contributed by atoms with Gasteiger partial charge in [0.1, 0.15) is 11.8 Å². The van der Waals surface area contributed by atoms with Crippen LogP contribution in [-0.2, 0) is 0 Å². The number of rotatable bonds is 1. The van der Waals surface area contributed by atoms with Gasteiger partial charge in [0.15, 0.2) is 5.82 Å². The summed E-state index contributed by atoms with van der Waals surface area (Å²) in [6.45, 7) is 4.13. The smallest absolute Gasteiger partial charge is 0.169 e. The molecule has 0 N–H and O–H groups in total. The number of hydrogen-bond donors (Lipinski definition) is 0. The van der Waals surface area contributed by atoms with Crippen molar-refractivity contribution >= 4 is 11.0 Å². The molecular formula is C11H11FO. The first-order chi connectivity index (χ1) is 6.20. The fourth-order valence-electron chi connectivity index (χ4n) is 1.50. The van der Waals surface area contributed by atoms with Crippen LogP contribution in [0.2, 0.25) is 0 Å². The normalized spacial score (nSPS) is 11.4. The number of halogens is 1. The van der Waals surface area contributed by atoms with E-state index < -0.39 is 0 Å². The molecule has 0 unspecified atom stereocenters. The SMILES string of the molecule is CC(C)c1cccc2c(F)coc12. The van der Waals surface area contributed by atoms with Crippen molar-refractivity contribution in [2.45, 2.75) is 19.8 Å². The van der Waals surface area contributed by atoms with Crippen molar-refractivity contribution in [3.8, 4) is 0 Å². The highest BCUT2D eigenvalue weighted by Crippen LogP contribution is 2.27. The molecule has 0 fully saturated rings. The van der Waals surface area contributed by atoms with E-state index in [9.17, 15) is 4.39 Å². The lowest BCUT2D eigenvalue weighted by Gasteiger charge is -2.04. The largest absolute Gasteiger partial charge is 0.461 e. The van der Waals surface area contributed by atoms with E-state index >= 15 is 0 Å². The maximum Gasteiger partial charge on any atom is 0.169 e. The molecule has 0 bridgehead atoms. The third-order valence-corrected chi connectivity index (χ3v) is 2.21. The molecule has 13 heavy (non-hydrogen) atoms. The van der Waals surface area contributed by atoms with Crippen molar-refractivity contribution in [3.63, 3.8) is 0 Å². The van der Waals surface area contributed by atoms with Gasteiger partial charge in [0.25, 0.3) is 0 Å². The molecule has 1 aromatic carbocycles. The molecular weight excluding hydrogens is 167 g/mol. The zero-order valence-electron chi connectivity index (χ0n) is 7.67. The average Bonchev–Trinajstić information content (AvgIpc) is 2.48. The summed E-state index contributed by atoms with van der Waals surface area (Å²) in [5, 5.41) is 0.575. The first-order valence-electron chi connectivity index (χ1n) is 4.35. The summed E-state index contributed by atoms with van der Waals surface area (Å²) in [5.74, 6) is 0.0757. The molecule has 0 spiro atoms. The zero-order valence-corrected chi connectivity index (χ0v) is 7.67. The predicted molar refractivity (Wildman–Crippen MR) is 50.3 cm³/mol. The predicted octanol–water partition coefficient (Wildman–Crippen LogP) is 3.70. The van der Waals surface area contributed by atoms with Gasteiger partial charge in [-0.1, -0.05) is 26.0 Å². The molecule has 0 atom stereocenters. The van der Waals surface area contributed by atoms with Crippen LogP contribution in [0.5, 0.6) is 0 Å². The van der Waals surface area contributed by atoms with E-state index in [0.717, 1.165) is 11.8 Å². The van der Waals surface area contributed by atoms with Gasteiger partial charge in [0, 0.05) is 0 Å². The highest BCUT2D eigenvalue weighted by molar-refractivity contribution is 5.81. The lowest BCUT2D eigenvalue weighted by atomic mass is 10.0. The first-order valence-corrected chi connectivity index (χ1v) is 4.35. The minimum absolute atomic E-state index is 0.280. The van der Waals surface area contributed by atoms with Crippen molar-refractivity contribution in [2.75, 3.05) is 0 Å². The lowest BCUT2D eigenvalue weighted by Crippen LogP contribution is -1.86. The Morgan fingerprint density at radius 1 is 1.31 bits per heavy atom. The molecule has 0 saturated carbocycles. The standard InChI is InChI=1S/C11H11FO/c1-7(2)8-4-3-5-9-10(12)6-13-11(8)9/h3-7H,1-2H3. The number of furan rings is 1. The van der Waals surface area contributed by atoms with Gasteiger partial charge >= 0.3 is 0 Å². The fraction of sp³-hybridized carbons (Fsp3) is 0.273. The average molecular weight is 178 g/mol. The maximum atomic E-state index is 13.1. The topological polar surface area (TPSA) is 13.1 Å². The first kappa shape index (κ1) is 8.30. The van der Waals surface area contributed by atoms with Crippen molar-refractivity contribution in [1.82, 2.24) is 0 Å². The summed E-state index contributed by atoms with van der Waals surface area (Å²) in [5.41, 5.74) is 1.73. The van der Waals surface area contributed by atoms with Crippen LogP contribution in [0, 0.1) is 5.82 Å². The fourth-order valence-corrected chi connectivity index (χ4v) is 1.50. The van der Waals surface area contributed by atoms with Gasteiger partial charge in [0.2, 0.25) is 0 Å². The summed E-state index contributed by atoms with van der Waals surface area (Å²) < 4.78 is 18.3. The Balaban J connectivity index is 2.77. The van der Waals surface area contributed by atoms with E-state index in [2.05, 4.69) is 13.8 Å². The van der Waals surface area contributed by atoms with E-state index in [-0.39, 0.29) is 5.82 Å². The van der Waals surface area contributed by atoms with Crippen LogP contribution in [0.3, 0.4) is 0 Å². The Bertz CT molecular complexity index is 429. The molecule has 1 nitrogen and oxygen atoms in total. The quantitative estimate of drug-likeness (QED) is 0.649. The summed E-state index contributed by atoms with van der Waals surface area (Å²) in [4.78, 5) is 0. The van der Waals surface area contributed by atoms with E-state index in [0.29, 0.717) is 16.9 Å². The highest BCUT2D eigenvalue weighted by Gasteiger charge is 2.10. The van der Waals surface area contributed by atoms with Crippen LogP contribution in [0.15, 0.2) is 28.9 Å². The van der Waals surface area contributed by atoms with Gasteiger partial charge in [-0.25, -0.2) is 4.39 Å². The minimum atomic E-state index is -0.280. The molecule has 2 rings (SSSR count). The molecule has 1 heterocycles. The van der Waals surface area contributed by atoms with Gasteiger partial charge in [-0.05, 0) is 17.5 Å². The van der Waals surface area contributed by atoms with Crippen LogP contribution in [0.1, 0.15) is 25.3 Å². The number of para-hydroxylation sites is 1. The Morgan fingerprint density at radius 2 is 2.08 bits per heavy atom. The summed E-state index contributed by atoms with van der Waals surface area (Å²) in [7, 11) is 0. The van der Waals surface area contributed by atoms with Crippen LogP contribution in [0.25, 0.3) is 11.0 Å². The maximum absolute atomic E-state index is 13.1. The van der Waals surface area contributed by atoms with E-state index in [1.54, 1.807) is 6.07 Å². The van der Waals surface area contributed by atoms with Gasteiger partial charge < -0.3 is 4.42 Å². The summed E-state index contributed by atoms with van der Waals surface area (Å²) in [6, 6.07) is 5.56. The molecule has 2 heteroatoms. The van der Waals surface area contributed by atoms with Crippen LogP contribution in [-0.4, -0.2) is 0 Å². The third kappa shape index (κ3) is 1.22. The number of fused-ring (bicyclic) bond motifs is 1. The third-order valence-electron chi connectivity index (χ3n) is 2.21. The van der Waals surface area contributed by atoms with Gasteiger partial charge in [-0.2, -0.15) is 0 Å². The van der Waals surface area contributed by atoms with Crippen LogP contribution in [0.4, 0.5) is 4.39 Å². The minimum Gasteiger partial charge on any atom is -0.461 e. The Hall–Kier alpha value is -1.31. The van der Waals surface area contributed by atoms with E-state index in [1.807, 2.05) is 12.1 Å². The second kappa shape index (κ2) is 2.87. The number of hydrogen-bond acceptors (Lipinski definition) is 1. The monoisotopic (exact) mass is 178 g/mol. The van der Waals surface area contributed by atoms with Crippen molar-refractivity contribution in [1.29, 1.82) is 0 Å². The van der Waals surface area contributed by atoms with Gasteiger partial charge in [-0.3, -0.25) is 0 Å². The molecule has 0 saturated heterocycles. The van der Waals surface area contributed by atoms with Crippen LogP contribution < -0.4 is 0 Å². The molecule has 68 valence electrons. The lowest BCUT2D eigenvalue weighted by molar-refractivity contribution is 0.555. The van der Waals surface area contributed by atoms with Crippen molar-refractivity contribution in [2.24, 2.45) is 0 Å². The molecule has 1 aromatic heterocycles. The molecule has 0 aliphatic rings. The molecule has 0 radical (unpaired) electrons. The Labute approximate surface area is 76.2 Å². The second-order valence-corrected chi connectivity index (χ2v) is 3.46. The second-order valence-electron chi connectivity index (χ2n) is 3.46. The van der Waals surface area contributed by atoms with Gasteiger partial charge in [-0.15, -0.1) is 0 Å². The molecule has 0 amide bonds. The van der Waals surface area contributed by atoms with Crippen LogP contribution >= 0.6 is 0 Å². The molecule has 0 aliphatic heterocycles. The Kier molecular flexibility index (Phi) is 1.83. The molecule has 0 aliphatic carbocycles.